The number of aliphatic carboxylic acids is 1. The zero-order chi connectivity index (χ0) is 12.1. The van der Waals surface area contributed by atoms with Gasteiger partial charge in [-0.1, -0.05) is 30.7 Å². The Kier molecular flexibility index (Phi) is 4.77. The highest BCUT2D eigenvalue weighted by Crippen LogP contribution is 2.25. The highest BCUT2D eigenvalue weighted by atomic mass is 35.5. The third kappa shape index (κ3) is 3.51. The van der Waals surface area contributed by atoms with Gasteiger partial charge in [0.2, 0.25) is 0 Å². The minimum Gasteiger partial charge on any atom is -0.480 e. The van der Waals surface area contributed by atoms with Crippen LogP contribution in [-0.2, 0) is 4.79 Å². The molecule has 0 aromatic heterocycles. The highest BCUT2D eigenvalue weighted by Gasteiger charge is 2.18. The van der Waals surface area contributed by atoms with E-state index < -0.39 is 12.0 Å². The lowest BCUT2D eigenvalue weighted by molar-refractivity contribution is -0.138. The molecular formula is C12H16ClNO2. The molecule has 1 rings (SSSR count). The van der Waals surface area contributed by atoms with Gasteiger partial charge < -0.3 is 10.8 Å². The van der Waals surface area contributed by atoms with Crippen molar-refractivity contribution < 1.29 is 9.90 Å². The second-order valence-electron chi connectivity index (χ2n) is 3.84. The van der Waals surface area contributed by atoms with Gasteiger partial charge in [0.15, 0.2) is 0 Å². The third-order valence-corrected chi connectivity index (χ3v) is 2.94. The summed E-state index contributed by atoms with van der Waals surface area (Å²) in [4.78, 5) is 10.7. The first kappa shape index (κ1) is 13.0. The van der Waals surface area contributed by atoms with E-state index in [4.69, 9.17) is 22.4 Å². The van der Waals surface area contributed by atoms with Crippen molar-refractivity contribution in [1.82, 2.24) is 0 Å². The average molecular weight is 242 g/mol. The number of carboxylic acids is 1. The SMILES string of the molecule is CCC(CC(N)C(=O)O)c1ccc(Cl)cc1. The lowest BCUT2D eigenvalue weighted by Crippen LogP contribution is -2.31. The van der Waals surface area contributed by atoms with Crippen molar-refractivity contribution in [3.63, 3.8) is 0 Å². The van der Waals surface area contributed by atoms with Crippen molar-refractivity contribution in [2.75, 3.05) is 0 Å². The maximum atomic E-state index is 10.7. The number of rotatable bonds is 5. The fourth-order valence-corrected chi connectivity index (χ4v) is 1.81. The van der Waals surface area contributed by atoms with Crippen LogP contribution in [0.5, 0.6) is 0 Å². The molecule has 4 heteroatoms. The summed E-state index contributed by atoms with van der Waals surface area (Å²) in [5.74, 6) is -0.782. The summed E-state index contributed by atoms with van der Waals surface area (Å²) in [7, 11) is 0. The lowest BCUT2D eigenvalue weighted by Gasteiger charge is -2.17. The fraction of sp³-hybridized carbons (Fsp3) is 0.417. The molecule has 88 valence electrons. The van der Waals surface area contributed by atoms with Gasteiger partial charge in [-0.3, -0.25) is 4.79 Å². The van der Waals surface area contributed by atoms with Crippen LogP contribution >= 0.6 is 11.6 Å². The molecule has 16 heavy (non-hydrogen) atoms. The largest absolute Gasteiger partial charge is 0.480 e. The molecule has 2 atom stereocenters. The van der Waals surface area contributed by atoms with E-state index in [-0.39, 0.29) is 5.92 Å². The standard InChI is InChI=1S/C12H16ClNO2/c1-2-8(7-11(14)12(15)16)9-3-5-10(13)6-4-9/h3-6,8,11H,2,7,14H2,1H3,(H,15,16). The molecule has 1 aromatic rings. The van der Waals surface area contributed by atoms with Crippen molar-refractivity contribution in [1.29, 1.82) is 0 Å². The Bertz CT molecular complexity index is 351. The smallest absolute Gasteiger partial charge is 0.320 e. The predicted octanol–water partition coefficient (Wildman–Crippen LogP) is 2.64. The van der Waals surface area contributed by atoms with Gasteiger partial charge in [0.25, 0.3) is 0 Å². The molecule has 0 aliphatic rings. The van der Waals surface area contributed by atoms with Crippen LogP contribution in [0, 0.1) is 0 Å². The Morgan fingerprint density at radius 1 is 1.44 bits per heavy atom. The zero-order valence-corrected chi connectivity index (χ0v) is 9.95. The van der Waals surface area contributed by atoms with Crippen LogP contribution in [0.15, 0.2) is 24.3 Å². The first-order valence-electron chi connectivity index (χ1n) is 5.28. The summed E-state index contributed by atoms with van der Waals surface area (Å²) < 4.78 is 0. The molecule has 3 nitrogen and oxygen atoms in total. The molecule has 0 spiro atoms. The summed E-state index contributed by atoms with van der Waals surface area (Å²) in [5, 5.41) is 9.45. The van der Waals surface area contributed by atoms with Crippen molar-refractivity contribution in [3.8, 4) is 0 Å². The number of nitrogens with two attached hydrogens (primary N) is 1. The summed E-state index contributed by atoms with van der Waals surface area (Å²) >= 11 is 5.80. The van der Waals surface area contributed by atoms with Crippen LogP contribution in [0.4, 0.5) is 0 Å². The van der Waals surface area contributed by atoms with E-state index in [0.29, 0.717) is 11.4 Å². The van der Waals surface area contributed by atoms with E-state index >= 15 is 0 Å². The van der Waals surface area contributed by atoms with Gasteiger partial charge in [-0.2, -0.15) is 0 Å². The molecule has 0 saturated heterocycles. The van der Waals surface area contributed by atoms with Crippen molar-refractivity contribution in [2.45, 2.75) is 31.7 Å². The lowest BCUT2D eigenvalue weighted by atomic mass is 9.90. The summed E-state index contributed by atoms with van der Waals surface area (Å²) in [6.45, 7) is 2.02. The number of hydrogen-bond donors (Lipinski definition) is 2. The van der Waals surface area contributed by atoms with Gasteiger partial charge in [0.05, 0.1) is 0 Å². The molecule has 3 N–H and O–H groups in total. The van der Waals surface area contributed by atoms with Crippen molar-refractivity contribution in [2.24, 2.45) is 5.73 Å². The molecular weight excluding hydrogens is 226 g/mol. The minimum absolute atomic E-state index is 0.170. The van der Waals surface area contributed by atoms with E-state index in [9.17, 15) is 4.79 Å². The first-order valence-corrected chi connectivity index (χ1v) is 5.66. The van der Waals surface area contributed by atoms with Crippen LogP contribution in [0.3, 0.4) is 0 Å². The van der Waals surface area contributed by atoms with Crippen LogP contribution in [0.2, 0.25) is 5.02 Å². The highest BCUT2D eigenvalue weighted by molar-refractivity contribution is 6.30. The molecule has 0 aliphatic heterocycles. The number of halogens is 1. The summed E-state index contributed by atoms with van der Waals surface area (Å²) in [5.41, 5.74) is 6.62. The summed E-state index contributed by atoms with van der Waals surface area (Å²) in [6, 6.07) is 6.66. The van der Waals surface area contributed by atoms with E-state index in [1.54, 1.807) is 0 Å². The summed E-state index contributed by atoms with van der Waals surface area (Å²) in [6.07, 6.45) is 1.32. The quantitative estimate of drug-likeness (QED) is 0.833. The van der Waals surface area contributed by atoms with Crippen LogP contribution in [-0.4, -0.2) is 17.1 Å². The molecule has 0 radical (unpaired) electrons. The third-order valence-electron chi connectivity index (χ3n) is 2.69. The molecule has 0 amide bonds. The van der Waals surface area contributed by atoms with Gasteiger partial charge in [0, 0.05) is 5.02 Å². The van der Waals surface area contributed by atoms with Gasteiger partial charge in [0.1, 0.15) is 6.04 Å². The molecule has 0 saturated carbocycles. The Morgan fingerprint density at radius 3 is 2.44 bits per heavy atom. The molecule has 0 bridgehead atoms. The second-order valence-corrected chi connectivity index (χ2v) is 4.27. The molecule has 0 aliphatic carbocycles. The van der Waals surface area contributed by atoms with Gasteiger partial charge in [-0.15, -0.1) is 0 Å². The molecule has 0 heterocycles. The fourth-order valence-electron chi connectivity index (χ4n) is 1.68. The molecule has 2 unspecified atom stereocenters. The number of hydrogen-bond acceptors (Lipinski definition) is 2. The Hall–Kier alpha value is -1.06. The van der Waals surface area contributed by atoms with E-state index in [1.807, 2.05) is 31.2 Å². The minimum atomic E-state index is -0.951. The van der Waals surface area contributed by atoms with Gasteiger partial charge in [-0.05, 0) is 36.5 Å². The van der Waals surface area contributed by atoms with Gasteiger partial charge >= 0.3 is 5.97 Å². The Labute approximate surface area is 100 Å². The Morgan fingerprint density at radius 2 is 2.00 bits per heavy atom. The zero-order valence-electron chi connectivity index (χ0n) is 9.19. The van der Waals surface area contributed by atoms with E-state index in [2.05, 4.69) is 0 Å². The van der Waals surface area contributed by atoms with Crippen molar-refractivity contribution >= 4 is 17.6 Å². The number of carboxylic acid groups (broad SMARTS) is 1. The van der Waals surface area contributed by atoms with Gasteiger partial charge in [-0.25, -0.2) is 0 Å². The number of carbonyl (C=O) groups is 1. The Balaban J connectivity index is 2.74. The van der Waals surface area contributed by atoms with Crippen LogP contribution in [0.25, 0.3) is 0 Å². The maximum Gasteiger partial charge on any atom is 0.320 e. The average Bonchev–Trinajstić information content (AvgIpc) is 2.26. The van der Waals surface area contributed by atoms with E-state index in [0.717, 1.165) is 12.0 Å². The van der Waals surface area contributed by atoms with Crippen LogP contribution in [0.1, 0.15) is 31.2 Å². The van der Waals surface area contributed by atoms with E-state index in [1.165, 1.54) is 0 Å². The number of benzene rings is 1. The normalized spacial score (nSPS) is 14.4. The first-order chi connectivity index (χ1) is 7.54. The van der Waals surface area contributed by atoms with Crippen molar-refractivity contribution in [3.05, 3.63) is 34.9 Å². The topological polar surface area (TPSA) is 63.3 Å². The predicted molar refractivity (Wildman–Crippen MR) is 64.7 cm³/mol. The molecule has 1 aromatic carbocycles. The monoisotopic (exact) mass is 241 g/mol. The maximum absolute atomic E-state index is 10.7. The van der Waals surface area contributed by atoms with Crippen LogP contribution < -0.4 is 5.73 Å². The molecule has 0 fully saturated rings. The second kappa shape index (κ2) is 5.87.